The average Bonchev–Trinajstić information content (AvgIpc) is 3.17. The highest BCUT2D eigenvalue weighted by Crippen LogP contribution is 2.26. The van der Waals surface area contributed by atoms with Crippen LogP contribution in [0.25, 0.3) is 0 Å². The van der Waals surface area contributed by atoms with E-state index in [0.29, 0.717) is 27.3 Å². The molecule has 0 radical (unpaired) electrons. The van der Waals surface area contributed by atoms with Crippen LogP contribution in [0.3, 0.4) is 0 Å². The van der Waals surface area contributed by atoms with Crippen molar-refractivity contribution in [1.29, 1.82) is 0 Å². The van der Waals surface area contributed by atoms with E-state index in [9.17, 15) is 14.4 Å². The molecule has 0 spiro atoms. The van der Waals surface area contributed by atoms with Crippen molar-refractivity contribution in [2.24, 2.45) is 13.0 Å². The summed E-state index contributed by atoms with van der Waals surface area (Å²) in [5.41, 5.74) is 0.834. The zero-order chi connectivity index (χ0) is 25.7. The van der Waals surface area contributed by atoms with E-state index >= 15 is 0 Å². The Balaban J connectivity index is 1.67. The predicted molar refractivity (Wildman–Crippen MR) is 135 cm³/mol. The number of thioether (sulfide) groups is 1. The Bertz CT molecular complexity index is 1260. The van der Waals surface area contributed by atoms with Crippen LogP contribution >= 0.6 is 35.0 Å². The fourth-order valence-electron chi connectivity index (χ4n) is 3.17. The Labute approximate surface area is 216 Å². The normalized spacial score (nSPS) is 11.8. The molecule has 0 saturated heterocycles. The number of rotatable bonds is 9. The second-order valence-corrected chi connectivity index (χ2v) is 9.70. The number of nitrogens with zero attached hydrogens (tertiary/aromatic N) is 3. The lowest BCUT2D eigenvalue weighted by atomic mass is 10.0. The van der Waals surface area contributed by atoms with Crippen LogP contribution in [0.1, 0.15) is 46.4 Å². The molecule has 0 saturated carbocycles. The van der Waals surface area contributed by atoms with Crippen LogP contribution in [-0.4, -0.2) is 43.4 Å². The van der Waals surface area contributed by atoms with E-state index in [0.717, 1.165) is 0 Å². The van der Waals surface area contributed by atoms with E-state index in [2.05, 4.69) is 20.8 Å². The van der Waals surface area contributed by atoms with Crippen molar-refractivity contribution in [3.63, 3.8) is 0 Å². The number of carbonyl (C=O) groups is 3. The maximum Gasteiger partial charge on any atom is 0.335 e. The molecule has 2 aromatic carbocycles. The molecule has 12 heteroatoms. The number of nitrogens with one attached hydrogen (secondary N) is 2. The highest BCUT2D eigenvalue weighted by atomic mass is 35.5. The lowest BCUT2D eigenvalue weighted by molar-refractivity contribution is -0.113. The molecule has 3 rings (SSSR count). The first-order valence-electron chi connectivity index (χ1n) is 10.5. The molecule has 1 heterocycles. The van der Waals surface area contributed by atoms with Crippen molar-refractivity contribution in [3.05, 3.63) is 69.5 Å². The van der Waals surface area contributed by atoms with E-state index in [1.54, 1.807) is 35.9 Å². The Morgan fingerprint density at radius 3 is 2.46 bits per heavy atom. The molecular formula is C23H23Cl2N5O4S. The third-order valence-corrected chi connectivity index (χ3v) is 6.77. The quantitative estimate of drug-likeness (QED) is 0.339. The first-order chi connectivity index (χ1) is 16.6. The minimum absolute atomic E-state index is 0.00715. The molecule has 1 atom stereocenters. The second kappa shape index (κ2) is 11.6. The van der Waals surface area contributed by atoms with Crippen LogP contribution in [-0.2, 0) is 11.8 Å². The molecule has 3 N–H and O–H groups in total. The third-order valence-electron chi connectivity index (χ3n) is 5.01. The first kappa shape index (κ1) is 26.5. The van der Waals surface area contributed by atoms with Gasteiger partial charge in [0.2, 0.25) is 5.91 Å². The Kier molecular flexibility index (Phi) is 8.76. The zero-order valence-electron chi connectivity index (χ0n) is 19.1. The molecule has 35 heavy (non-hydrogen) atoms. The fraction of sp³-hybridized carbons (Fsp3) is 0.261. The van der Waals surface area contributed by atoms with Crippen molar-refractivity contribution >= 4 is 58.4 Å². The van der Waals surface area contributed by atoms with Gasteiger partial charge in [-0.1, -0.05) is 54.9 Å². The molecule has 0 aliphatic carbocycles. The van der Waals surface area contributed by atoms with Crippen molar-refractivity contribution in [3.8, 4) is 0 Å². The SMILES string of the molecule is CC(C)[C@@H](NC(=O)c1ccc(Cl)c(Cl)c1)c1nnc(SCC(=O)Nc2cccc(C(=O)O)c2)n1C. The van der Waals surface area contributed by atoms with Gasteiger partial charge in [0, 0.05) is 18.3 Å². The summed E-state index contributed by atoms with van der Waals surface area (Å²) >= 11 is 13.1. The van der Waals surface area contributed by atoms with Gasteiger partial charge in [-0.25, -0.2) is 4.79 Å². The van der Waals surface area contributed by atoms with Gasteiger partial charge in [0.05, 0.1) is 27.4 Å². The summed E-state index contributed by atoms with van der Waals surface area (Å²) in [4.78, 5) is 36.3. The molecular weight excluding hydrogens is 513 g/mol. The summed E-state index contributed by atoms with van der Waals surface area (Å²) in [6.45, 7) is 3.89. The lowest BCUT2D eigenvalue weighted by Gasteiger charge is -2.22. The zero-order valence-corrected chi connectivity index (χ0v) is 21.4. The van der Waals surface area contributed by atoms with Gasteiger partial charge < -0.3 is 20.3 Å². The topological polar surface area (TPSA) is 126 Å². The van der Waals surface area contributed by atoms with E-state index in [1.807, 2.05) is 13.8 Å². The van der Waals surface area contributed by atoms with Crippen LogP contribution in [0.4, 0.5) is 5.69 Å². The summed E-state index contributed by atoms with van der Waals surface area (Å²) < 4.78 is 1.72. The molecule has 0 aliphatic rings. The van der Waals surface area contributed by atoms with Crippen LogP contribution in [0.2, 0.25) is 10.0 Å². The van der Waals surface area contributed by atoms with Gasteiger partial charge in [-0.3, -0.25) is 9.59 Å². The summed E-state index contributed by atoms with van der Waals surface area (Å²) in [6.07, 6.45) is 0. The molecule has 0 bridgehead atoms. The molecule has 2 amide bonds. The van der Waals surface area contributed by atoms with Gasteiger partial charge in [-0.15, -0.1) is 10.2 Å². The number of carbonyl (C=O) groups excluding carboxylic acids is 2. The van der Waals surface area contributed by atoms with Gasteiger partial charge in [-0.2, -0.15) is 0 Å². The maximum atomic E-state index is 12.8. The first-order valence-corrected chi connectivity index (χ1v) is 12.2. The summed E-state index contributed by atoms with van der Waals surface area (Å²) in [7, 11) is 1.76. The predicted octanol–water partition coefficient (Wildman–Crippen LogP) is 4.68. The van der Waals surface area contributed by atoms with E-state index in [4.69, 9.17) is 28.3 Å². The minimum atomic E-state index is -1.08. The molecule has 1 aromatic heterocycles. The summed E-state index contributed by atoms with van der Waals surface area (Å²) in [5, 5.41) is 24.3. The van der Waals surface area contributed by atoms with Crippen molar-refractivity contribution in [2.45, 2.75) is 25.0 Å². The molecule has 0 aliphatic heterocycles. The van der Waals surface area contributed by atoms with Gasteiger partial charge in [-0.05, 0) is 42.3 Å². The number of hydrogen-bond acceptors (Lipinski definition) is 6. The largest absolute Gasteiger partial charge is 0.478 e. The van der Waals surface area contributed by atoms with Crippen molar-refractivity contribution < 1.29 is 19.5 Å². The highest BCUT2D eigenvalue weighted by Gasteiger charge is 2.25. The van der Waals surface area contributed by atoms with E-state index in [1.165, 1.54) is 30.0 Å². The smallest absolute Gasteiger partial charge is 0.335 e. The Hall–Kier alpha value is -3.08. The average molecular weight is 536 g/mol. The minimum Gasteiger partial charge on any atom is -0.478 e. The summed E-state index contributed by atoms with van der Waals surface area (Å²) in [5.74, 6) is -1.17. The molecule has 184 valence electrons. The van der Waals surface area contributed by atoms with Gasteiger partial charge in [0.25, 0.3) is 5.91 Å². The molecule has 9 nitrogen and oxygen atoms in total. The number of anilines is 1. The van der Waals surface area contributed by atoms with Crippen molar-refractivity contribution in [2.75, 3.05) is 11.1 Å². The van der Waals surface area contributed by atoms with Gasteiger partial charge >= 0.3 is 5.97 Å². The molecule has 0 unspecified atom stereocenters. The summed E-state index contributed by atoms with van der Waals surface area (Å²) in [6, 6.07) is 10.2. The molecule has 0 fully saturated rings. The third kappa shape index (κ3) is 6.74. The number of aromatic carboxylic acids is 1. The maximum absolute atomic E-state index is 12.8. The molecule has 3 aromatic rings. The second-order valence-electron chi connectivity index (χ2n) is 7.95. The number of aromatic nitrogens is 3. The van der Waals surface area contributed by atoms with Gasteiger partial charge in [0.1, 0.15) is 0 Å². The Morgan fingerprint density at radius 1 is 1.06 bits per heavy atom. The number of halogens is 2. The number of benzene rings is 2. The van der Waals surface area contributed by atoms with Crippen LogP contribution < -0.4 is 10.6 Å². The van der Waals surface area contributed by atoms with Crippen LogP contribution in [0.15, 0.2) is 47.6 Å². The monoisotopic (exact) mass is 535 g/mol. The fourth-order valence-corrected chi connectivity index (χ4v) is 4.19. The standard InChI is InChI=1S/C23H23Cl2N5O4S/c1-12(2)19(27-21(32)13-7-8-16(24)17(25)10-13)20-28-29-23(30(20)3)35-11-18(31)26-15-6-4-5-14(9-15)22(33)34/h4-10,12,19H,11H2,1-3H3,(H,26,31)(H,27,32)(H,33,34)/t19-/m1/s1. The van der Waals surface area contributed by atoms with Crippen LogP contribution in [0, 0.1) is 5.92 Å². The van der Waals surface area contributed by atoms with Crippen molar-refractivity contribution in [1.82, 2.24) is 20.1 Å². The Morgan fingerprint density at radius 2 is 1.80 bits per heavy atom. The highest BCUT2D eigenvalue weighted by molar-refractivity contribution is 7.99. The van der Waals surface area contributed by atoms with E-state index in [-0.39, 0.29) is 34.1 Å². The lowest BCUT2D eigenvalue weighted by Crippen LogP contribution is -2.33. The number of amides is 2. The number of carboxylic acid groups (broad SMARTS) is 1. The van der Waals surface area contributed by atoms with Gasteiger partial charge in [0.15, 0.2) is 11.0 Å². The van der Waals surface area contributed by atoms with Crippen LogP contribution in [0.5, 0.6) is 0 Å². The number of hydrogen-bond donors (Lipinski definition) is 3. The number of carboxylic acids is 1. The van der Waals surface area contributed by atoms with E-state index < -0.39 is 12.0 Å².